The molecular weight excluding hydrogens is 479 g/mol. The first-order valence-electron chi connectivity index (χ1n) is 13.2. The molecule has 0 spiro atoms. The molecule has 2 aliphatic heterocycles. The van der Waals surface area contributed by atoms with E-state index < -0.39 is 0 Å². The van der Waals surface area contributed by atoms with Crippen molar-refractivity contribution in [2.45, 2.75) is 6.92 Å². The number of piperazine rings is 1. The molecule has 4 aromatic rings. The number of benzene rings is 3. The van der Waals surface area contributed by atoms with Crippen LogP contribution in [0.5, 0.6) is 0 Å². The van der Waals surface area contributed by atoms with Gasteiger partial charge in [-0.05, 0) is 49.4 Å². The first-order valence-corrected chi connectivity index (χ1v) is 13.2. The Hall–Kier alpha value is -3.59. The van der Waals surface area contributed by atoms with E-state index in [9.17, 15) is 4.39 Å². The van der Waals surface area contributed by atoms with Gasteiger partial charge in [-0.15, -0.1) is 0 Å². The maximum atomic E-state index is 14.2. The van der Waals surface area contributed by atoms with Gasteiger partial charge < -0.3 is 25.2 Å². The second kappa shape index (κ2) is 12.3. The molecule has 2 fully saturated rings. The molecule has 0 atom stereocenters. The molecule has 1 aromatic heterocycles. The molecule has 3 aromatic carbocycles. The Labute approximate surface area is 223 Å². The van der Waals surface area contributed by atoms with Crippen molar-refractivity contribution in [1.29, 1.82) is 0 Å². The van der Waals surface area contributed by atoms with Crippen LogP contribution in [-0.4, -0.2) is 74.4 Å². The van der Waals surface area contributed by atoms with E-state index in [1.165, 1.54) is 5.69 Å². The second-order valence-electron chi connectivity index (χ2n) is 9.73. The monoisotopic (exact) mass is 514 g/mol. The van der Waals surface area contributed by atoms with Gasteiger partial charge in [0.15, 0.2) is 0 Å². The van der Waals surface area contributed by atoms with Gasteiger partial charge in [-0.2, -0.15) is 0 Å². The molecule has 0 aliphatic carbocycles. The number of nitrogens with one attached hydrogen (secondary N) is 2. The van der Waals surface area contributed by atoms with Gasteiger partial charge in [0.1, 0.15) is 5.82 Å². The molecule has 0 radical (unpaired) electrons. The summed E-state index contributed by atoms with van der Waals surface area (Å²) in [7, 11) is 2.16. The Balaban J connectivity index is 0.000000433. The van der Waals surface area contributed by atoms with E-state index >= 15 is 0 Å². The lowest BCUT2D eigenvalue weighted by Gasteiger charge is -2.34. The van der Waals surface area contributed by atoms with Crippen molar-refractivity contribution in [2.24, 2.45) is 0 Å². The van der Waals surface area contributed by atoms with Gasteiger partial charge in [0, 0.05) is 67.8 Å². The van der Waals surface area contributed by atoms with Gasteiger partial charge in [-0.25, -0.2) is 14.4 Å². The molecule has 0 unspecified atom stereocenters. The minimum absolute atomic E-state index is 0.215. The average Bonchev–Trinajstić information content (AvgIpc) is 2.96. The summed E-state index contributed by atoms with van der Waals surface area (Å²) in [6.45, 7) is 9.76. The number of morpholine rings is 1. The number of halogens is 1. The van der Waals surface area contributed by atoms with Crippen LogP contribution in [0.2, 0.25) is 0 Å². The summed E-state index contributed by atoms with van der Waals surface area (Å²) in [6.07, 6.45) is 1.81. The number of hydrogen-bond acceptors (Lipinski definition) is 7. The van der Waals surface area contributed by atoms with Crippen molar-refractivity contribution in [2.75, 3.05) is 69.7 Å². The maximum Gasteiger partial charge on any atom is 0.227 e. The Morgan fingerprint density at radius 1 is 0.947 bits per heavy atom. The summed E-state index contributed by atoms with van der Waals surface area (Å²) < 4.78 is 19.2. The first kappa shape index (κ1) is 26.0. The molecule has 198 valence electrons. The molecule has 7 nitrogen and oxygen atoms in total. The number of aryl methyl sites for hydroxylation is 1. The second-order valence-corrected chi connectivity index (χ2v) is 9.73. The van der Waals surface area contributed by atoms with Crippen LogP contribution in [0.1, 0.15) is 5.56 Å². The molecule has 6 rings (SSSR count). The van der Waals surface area contributed by atoms with E-state index in [1.807, 2.05) is 36.5 Å². The van der Waals surface area contributed by atoms with E-state index in [2.05, 4.69) is 50.7 Å². The van der Waals surface area contributed by atoms with Crippen LogP contribution < -0.4 is 15.5 Å². The van der Waals surface area contributed by atoms with Crippen LogP contribution in [0.15, 0.2) is 66.9 Å². The predicted octanol–water partition coefficient (Wildman–Crippen LogP) is 4.85. The number of hydrogen-bond donors (Lipinski definition) is 2. The number of fused-ring (bicyclic) bond motifs is 1. The lowest BCUT2D eigenvalue weighted by molar-refractivity contribution is 0.109. The zero-order valence-electron chi connectivity index (χ0n) is 22.1. The molecule has 8 heteroatoms. The van der Waals surface area contributed by atoms with Crippen LogP contribution in [0.3, 0.4) is 0 Å². The van der Waals surface area contributed by atoms with Gasteiger partial charge in [0.05, 0.1) is 18.7 Å². The van der Waals surface area contributed by atoms with Crippen LogP contribution in [-0.2, 0) is 4.74 Å². The van der Waals surface area contributed by atoms with Crippen molar-refractivity contribution in [1.82, 2.24) is 20.2 Å². The van der Waals surface area contributed by atoms with Gasteiger partial charge in [-0.1, -0.05) is 36.4 Å². The standard InChI is InChI=1S/C26H26FN5.C4H9NO/c1-18-9-10-19(15-24(18)27)23-8-3-5-20-17-28-26(30-25(20)23)29-21-6-4-7-22(16-21)32-13-11-31(2)12-14-32;1-3-6-4-2-5-1/h3-10,15-17H,11-14H2,1-2H3,(H,28,29,30);5H,1-4H2. The SMILES string of the molecule is C1COCCN1.Cc1ccc(-c2cccc3cnc(Nc4cccc(N5CCN(C)CC5)c4)nc23)cc1F. The topological polar surface area (TPSA) is 65.6 Å². The molecule has 0 bridgehead atoms. The van der Waals surface area contributed by atoms with E-state index in [1.54, 1.807) is 19.1 Å². The number of likely N-dealkylation sites (N-methyl/N-ethyl adjacent to an activating group) is 1. The highest BCUT2D eigenvalue weighted by Gasteiger charge is 2.15. The highest BCUT2D eigenvalue weighted by molar-refractivity contribution is 5.94. The van der Waals surface area contributed by atoms with Crippen LogP contribution >= 0.6 is 0 Å². The van der Waals surface area contributed by atoms with Crippen molar-refractivity contribution >= 4 is 28.2 Å². The fourth-order valence-corrected chi connectivity index (χ4v) is 4.60. The third-order valence-electron chi connectivity index (χ3n) is 6.91. The van der Waals surface area contributed by atoms with E-state index in [0.717, 1.165) is 80.2 Å². The third-order valence-corrected chi connectivity index (χ3v) is 6.91. The third kappa shape index (κ3) is 6.45. The number of aromatic nitrogens is 2. The van der Waals surface area contributed by atoms with Gasteiger partial charge in [0.25, 0.3) is 0 Å². The van der Waals surface area contributed by atoms with Crippen molar-refractivity contribution < 1.29 is 9.13 Å². The average molecular weight is 515 g/mol. The number of ether oxygens (including phenoxy) is 1. The molecule has 0 amide bonds. The highest BCUT2D eigenvalue weighted by Crippen LogP contribution is 2.30. The molecular formula is C30H35FN6O. The van der Waals surface area contributed by atoms with Gasteiger partial charge in [-0.3, -0.25) is 0 Å². The van der Waals surface area contributed by atoms with Crippen LogP contribution in [0.4, 0.5) is 21.7 Å². The summed E-state index contributed by atoms with van der Waals surface area (Å²) >= 11 is 0. The lowest BCUT2D eigenvalue weighted by Crippen LogP contribution is -2.44. The molecule has 2 aliphatic rings. The summed E-state index contributed by atoms with van der Waals surface area (Å²) in [5, 5.41) is 7.43. The Morgan fingerprint density at radius 3 is 2.45 bits per heavy atom. The molecule has 38 heavy (non-hydrogen) atoms. The Kier molecular flexibility index (Phi) is 8.43. The summed E-state index contributed by atoms with van der Waals surface area (Å²) in [5.41, 5.74) is 5.26. The van der Waals surface area contributed by atoms with Crippen molar-refractivity contribution in [3.8, 4) is 11.1 Å². The Morgan fingerprint density at radius 2 is 1.74 bits per heavy atom. The van der Waals surface area contributed by atoms with Crippen LogP contribution in [0.25, 0.3) is 22.0 Å². The molecule has 3 heterocycles. The van der Waals surface area contributed by atoms with Gasteiger partial charge in [0.2, 0.25) is 5.95 Å². The minimum atomic E-state index is -0.215. The maximum absolute atomic E-state index is 14.2. The number of para-hydroxylation sites is 1. The van der Waals surface area contributed by atoms with Crippen molar-refractivity contribution in [3.05, 3.63) is 78.2 Å². The number of nitrogens with zero attached hydrogens (tertiary/aromatic N) is 4. The van der Waals surface area contributed by atoms with E-state index in [4.69, 9.17) is 9.72 Å². The zero-order chi connectivity index (χ0) is 26.3. The minimum Gasteiger partial charge on any atom is -0.379 e. The lowest BCUT2D eigenvalue weighted by atomic mass is 10.0. The Bertz CT molecular complexity index is 1360. The zero-order valence-corrected chi connectivity index (χ0v) is 22.1. The summed E-state index contributed by atoms with van der Waals surface area (Å²) in [6, 6.07) is 19.5. The highest BCUT2D eigenvalue weighted by atomic mass is 19.1. The normalized spacial score (nSPS) is 16.1. The predicted molar refractivity (Wildman–Crippen MR) is 153 cm³/mol. The summed E-state index contributed by atoms with van der Waals surface area (Å²) in [5.74, 6) is 0.306. The molecule has 0 saturated carbocycles. The van der Waals surface area contributed by atoms with E-state index in [0.29, 0.717) is 11.5 Å². The van der Waals surface area contributed by atoms with Gasteiger partial charge >= 0.3 is 0 Å². The quantitative estimate of drug-likeness (QED) is 0.404. The fourth-order valence-electron chi connectivity index (χ4n) is 4.60. The number of rotatable bonds is 4. The fraction of sp³-hybridized carbons (Fsp3) is 0.333. The summed E-state index contributed by atoms with van der Waals surface area (Å²) in [4.78, 5) is 14.0. The molecule has 2 N–H and O–H groups in total. The van der Waals surface area contributed by atoms with E-state index in [-0.39, 0.29) is 5.82 Å². The van der Waals surface area contributed by atoms with Crippen LogP contribution in [0, 0.1) is 12.7 Å². The largest absolute Gasteiger partial charge is 0.379 e. The number of anilines is 3. The first-order chi connectivity index (χ1) is 18.6. The molecule has 2 saturated heterocycles. The smallest absolute Gasteiger partial charge is 0.227 e. The van der Waals surface area contributed by atoms with Crippen molar-refractivity contribution in [3.63, 3.8) is 0 Å².